The highest BCUT2D eigenvalue weighted by Gasteiger charge is 2.33. The van der Waals surface area contributed by atoms with Gasteiger partial charge in [0.15, 0.2) is 5.96 Å². The van der Waals surface area contributed by atoms with Crippen LogP contribution < -0.4 is 10.6 Å². The summed E-state index contributed by atoms with van der Waals surface area (Å²) in [6, 6.07) is 0. The maximum atomic E-state index is 5.76. The van der Waals surface area contributed by atoms with E-state index in [0.29, 0.717) is 12.4 Å². The summed E-state index contributed by atoms with van der Waals surface area (Å²) in [7, 11) is 0. The smallest absolute Gasteiger partial charge is 0.216 e. The molecule has 2 rings (SSSR count). The molecule has 23 heavy (non-hydrogen) atoms. The maximum absolute atomic E-state index is 5.76. The molecule has 0 aromatic carbocycles. The second-order valence-electron chi connectivity index (χ2n) is 7.22. The van der Waals surface area contributed by atoms with E-state index in [1.807, 2.05) is 6.92 Å². The number of guanidine groups is 1. The van der Waals surface area contributed by atoms with Crippen LogP contribution in [-0.2, 0) is 16.7 Å². The Balaban J connectivity index is 0.00000264. The SMILES string of the molecule is CCNC(=NCc1ncc(C(C)(C)C)o1)NCC1(C)COC1.I. The lowest BCUT2D eigenvalue weighted by molar-refractivity contribution is -0.0971. The first kappa shape index (κ1) is 20.2. The number of hydrogen-bond donors (Lipinski definition) is 2. The van der Waals surface area contributed by atoms with E-state index < -0.39 is 0 Å². The summed E-state index contributed by atoms with van der Waals surface area (Å²) < 4.78 is 11.0. The molecule has 6 nitrogen and oxygen atoms in total. The quantitative estimate of drug-likeness (QED) is 0.422. The molecule has 1 aliphatic rings. The molecule has 0 aliphatic carbocycles. The van der Waals surface area contributed by atoms with Crippen LogP contribution in [0.1, 0.15) is 46.3 Å². The van der Waals surface area contributed by atoms with Crippen LogP contribution in [0.15, 0.2) is 15.6 Å². The Hall–Kier alpha value is -0.830. The molecule has 7 heteroatoms. The van der Waals surface area contributed by atoms with Crippen LogP contribution in [0.5, 0.6) is 0 Å². The Kier molecular flexibility index (Phi) is 7.31. The van der Waals surface area contributed by atoms with Gasteiger partial charge in [-0.05, 0) is 6.92 Å². The number of halogens is 1. The number of nitrogens with one attached hydrogen (secondary N) is 2. The largest absolute Gasteiger partial charge is 0.443 e. The van der Waals surface area contributed by atoms with Gasteiger partial charge in [-0.3, -0.25) is 0 Å². The van der Waals surface area contributed by atoms with Crippen molar-refractivity contribution in [1.29, 1.82) is 0 Å². The third kappa shape index (κ3) is 5.95. The summed E-state index contributed by atoms with van der Waals surface area (Å²) in [5, 5.41) is 6.60. The molecule has 0 spiro atoms. The molecule has 0 unspecified atom stereocenters. The van der Waals surface area contributed by atoms with Crippen molar-refractivity contribution in [3.63, 3.8) is 0 Å². The first-order chi connectivity index (χ1) is 10.3. The predicted octanol–water partition coefficient (Wildman–Crippen LogP) is 2.68. The Bertz CT molecular complexity index is 518. The maximum Gasteiger partial charge on any atom is 0.216 e. The molecule has 0 amide bonds. The molecule has 0 radical (unpaired) electrons. The molecule has 2 heterocycles. The fourth-order valence-electron chi connectivity index (χ4n) is 2.07. The van der Waals surface area contributed by atoms with Crippen LogP contribution >= 0.6 is 24.0 Å². The second kappa shape index (κ2) is 8.32. The summed E-state index contributed by atoms with van der Waals surface area (Å²) >= 11 is 0. The number of rotatable bonds is 5. The Morgan fingerprint density at radius 1 is 1.35 bits per heavy atom. The van der Waals surface area contributed by atoms with E-state index >= 15 is 0 Å². The van der Waals surface area contributed by atoms with E-state index in [1.54, 1.807) is 6.20 Å². The van der Waals surface area contributed by atoms with Gasteiger partial charge in [0.2, 0.25) is 5.89 Å². The normalized spacial score (nSPS) is 17.2. The Labute approximate surface area is 155 Å². The third-order valence-electron chi connectivity index (χ3n) is 3.59. The van der Waals surface area contributed by atoms with E-state index in [1.165, 1.54) is 0 Å². The number of nitrogens with zero attached hydrogens (tertiary/aromatic N) is 2. The minimum absolute atomic E-state index is 0. The van der Waals surface area contributed by atoms with Crippen molar-refractivity contribution in [2.24, 2.45) is 10.4 Å². The highest BCUT2D eigenvalue weighted by atomic mass is 127. The number of aliphatic imine (C=N–C) groups is 1. The van der Waals surface area contributed by atoms with Crippen LogP contribution in [0.3, 0.4) is 0 Å². The first-order valence-electron chi connectivity index (χ1n) is 7.87. The number of ether oxygens (including phenoxy) is 1. The fraction of sp³-hybridized carbons (Fsp3) is 0.750. The second-order valence-corrected chi connectivity index (χ2v) is 7.22. The van der Waals surface area contributed by atoms with E-state index in [2.05, 4.69) is 48.3 Å². The van der Waals surface area contributed by atoms with E-state index in [-0.39, 0.29) is 34.8 Å². The van der Waals surface area contributed by atoms with Crippen molar-refractivity contribution >= 4 is 29.9 Å². The molecule has 1 aromatic rings. The lowest BCUT2D eigenvalue weighted by Crippen LogP contribution is -2.51. The molecule has 0 bridgehead atoms. The molecule has 0 saturated carbocycles. The lowest BCUT2D eigenvalue weighted by Gasteiger charge is -2.38. The van der Waals surface area contributed by atoms with E-state index in [9.17, 15) is 0 Å². The van der Waals surface area contributed by atoms with Gasteiger partial charge >= 0.3 is 0 Å². The van der Waals surface area contributed by atoms with Gasteiger partial charge in [0.1, 0.15) is 12.3 Å². The van der Waals surface area contributed by atoms with Crippen molar-refractivity contribution in [3.8, 4) is 0 Å². The Morgan fingerprint density at radius 3 is 2.52 bits per heavy atom. The molecular formula is C16H29IN4O2. The van der Waals surface area contributed by atoms with Crippen LogP contribution in [-0.4, -0.2) is 37.2 Å². The van der Waals surface area contributed by atoms with Gasteiger partial charge in [-0.1, -0.05) is 27.7 Å². The van der Waals surface area contributed by atoms with Gasteiger partial charge in [0, 0.05) is 23.9 Å². The molecule has 1 aliphatic heterocycles. The van der Waals surface area contributed by atoms with E-state index in [0.717, 1.165) is 38.0 Å². The summed E-state index contributed by atoms with van der Waals surface area (Å²) in [6.45, 7) is 14.3. The van der Waals surface area contributed by atoms with Crippen molar-refractivity contribution in [2.45, 2.75) is 46.6 Å². The van der Waals surface area contributed by atoms with Crippen molar-refractivity contribution in [1.82, 2.24) is 15.6 Å². The minimum atomic E-state index is -0.0312. The highest BCUT2D eigenvalue weighted by molar-refractivity contribution is 14.0. The van der Waals surface area contributed by atoms with Gasteiger partial charge in [0.05, 0.1) is 19.4 Å². The van der Waals surface area contributed by atoms with Crippen LogP contribution in [0.25, 0.3) is 0 Å². The zero-order chi connectivity index (χ0) is 16.2. The molecule has 2 N–H and O–H groups in total. The molecule has 132 valence electrons. The minimum Gasteiger partial charge on any atom is -0.443 e. The predicted molar refractivity (Wildman–Crippen MR) is 102 cm³/mol. The molecule has 0 atom stereocenters. The fourth-order valence-corrected chi connectivity index (χ4v) is 2.07. The molecule has 1 fully saturated rings. The lowest BCUT2D eigenvalue weighted by atomic mass is 9.89. The van der Waals surface area contributed by atoms with Crippen LogP contribution in [0.2, 0.25) is 0 Å². The number of aromatic nitrogens is 1. The number of oxazole rings is 1. The zero-order valence-electron chi connectivity index (χ0n) is 14.7. The van der Waals surface area contributed by atoms with E-state index in [4.69, 9.17) is 9.15 Å². The highest BCUT2D eigenvalue weighted by Crippen LogP contribution is 2.25. The average molecular weight is 436 g/mol. The average Bonchev–Trinajstić information content (AvgIpc) is 2.88. The summed E-state index contributed by atoms with van der Waals surface area (Å²) in [5.74, 6) is 2.31. The third-order valence-corrected chi connectivity index (χ3v) is 3.59. The molecule has 1 aromatic heterocycles. The standard InChI is InChI=1S/C16H28N4O2.HI/c1-6-17-14(20-9-16(5)10-21-11-16)19-8-13-18-7-12(22-13)15(2,3)4;/h7H,6,8-11H2,1-5H3,(H2,17,19,20);1H. The topological polar surface area (TPSA) is 71.7 Å². The van der Waals surface area contributed by atoms with Crippen LogP contribution in [0.4, 0.5) is 0 Å². The van der Waals surface area contributed by atoms with Crippen LogP contribution in [0, 0.1) is 5.41 Å². The summed E-state index contributed by atoms with van der Waals surface area (Å²) in [5.41, 5.74) is 0.176. The monoisotopic (exact) mass is 436 g/mol. The molecule has 1 saturated heterocycles. The number of hydrogen-bond acceptors (Lipinski definition) is 4. The Morgan fingerprint density at radius 2 is 2.04 bits per heavy atom. The zero-order valence-corrected chi connectivity index (χ0v) is 17.1. The molecular weight excluding hydrogens is 407 g/mol. The van der Waals surface area contributed by atoms with Crippen molar-refractivity contribution < 1.29 is 9.15 Å². The van der Waals surface area contributed by atoms with Gasteiger partial charge in [-0.25, -0.2) is 9.98 Å². The van der Waals surface area contributed by atoms with Gasteiger partial charge in [0.25, 0.3) is 0 Å². The first-order valence-corrected chi connectivity index (χ1v) is 7.87. The van der Waals surface area contributed by atoms with Crippen molar-refractivity contribution in [3.05, 3.63) is 17.8 Å². The summed E-state index contributed by atoms with van der Waals surface area (Å²) in [4.78, 5) is 8.84. The summed E-state index contributed by atoms with van der Waals surface area (Å²) in [6.07, 6.45) is 1.79. The van der Waals surface area contributed by atoms with Gasteiger partial charge < -0.3 is 19.8 Å². The van der Waals surface area contributed by atoms with Crippen molar-refractivity contribution in [2.75, 3.05) is 26.3 Å². The van der Waals surface area contributed by atoms with Gasteiger partial charge in [-0.2, -0.15) is 0 Å². The van der Waals surface area contributed by atoms with Gasteiger partial charge in [-0.15, -0.1) is 24.0 Å².